The molecule has 0 spiro atoms. The molecule has 0 atom stereocenters. The van der Waals surface area contributed by atoms with Gasteiger partial charge in [-0.3, -0.25) is 9.59 Å². The summed E-state index contributed by atoms with van der Waals surface area (Å²) >= 11 is 3.94. The average Bonchev–Trinajstić information content (AvgIpc) is 2.65. The number of aryl methyl sites for hydroxylation is 1. The third-order valence-corrected chi connectivity index (χ3v) is 7.09. The predicted molar refractivity (Wildman–Crippen MR) is 112 cm³/mol. The first-order valence-corrected chi connectivity index (χ1v) is 10.7. The molecule has 0 unspecified atom stereocenters. The van der Waals surface area contributed by atoms with E-state index in [-0.39, 0.29) is 11.8 Å². The maximum absolute atomic E-state index is 12.5. The molecule has 2 amide bonds. The number of rotatable bonds is 4. The molecule has 136 valence electrons. The summed E-state index contributed by atoms with van der Waals surface area (Å²) in [6, 6.07) is 13.3. The molecule has 1 aliphatic rings. The van der Waals surface area contributed by atoms with Crippen molar-refractivity contribution in [1.29, 1.82) is 0 Å². The van der Waals surface area contributed by atoms with E-state index in [4.69, 9.17) is 0 Å². The number of nitrogens with one attached hydrogen (secondary N) is 2. The van der Waals surface area contributed by atoms with E-state index in [0.29, 0.717) is 21.5 Å². The lowest BCUT2D eigenvalue weighted by molar-refractivity contribution is -0.114. The molecule has 6 heteroatoms. The highest BCUT2D eigenvalue weighted by atomic mass is 32.2. The van der Waals surface area contributed by atoms with Gasteiger partial charge in [-0.1, -0.05) is 18.2 Å². The van der Waals surface area contributed by atoms with E-state index in [1.165, 1.54) is 30.4 Å². The van der Waals surface area contributed by atoms with Crippen molar-refractivity contribution in [2.24, 2.45) is 0 Å². The van der Waals surface area contributed by atoms with Crippen LogP contribution in [0.15, 0.2) is 42.5 Å². The lowest BCUT2D eigenvalue weighted by atomic mass is 10.1. The molecule has 1 fully saturated rings. The van der Waals surface area contributed by atoms with Crippen molar-refractivity contribution in [2.45, 2.75) is 24.9 Å². The molecule has 1 saturated heterocycles. The van der Waals surface area contributed by atoms with Crippen molar-refractivity contribution >= 4 is 46.7 Å². The highest BCUT2D eigenvalue weighted by molar-refractivity contribution is 8.16. The summed E-state index contributed by atoms with van der Waals surface area (Å²) in [5.41, 5.74) is 4.20. The minimum absolute atomic E-state index is 0.134. The van der Waals surface area contributed by atoms with Crippen LogP contribution in [0, 0.1) is 6.92 Å². The fourth-order valence-corrected chi connectivity index (χ4v) is 5.59. The van der Waals surface area contributed by atoms with E-state index in [1.807, 2.05) is 66.8 Å². The monoisotopic (exact) mass is 386 g/mol. The molecule has 2 N–H and O–H groups in total. The van der Waals surface area contributed by atoms with Gasteiger partial charge in [0.25, 0.3) is 5.91 Å². The summed E-state index contributed by atoms with van der Waals surface area (Å²) in [6.07, 6.45) is 1.27. The summed E-state index contributed by atoms with van der Waals surface area (Å²) < 4.78 is 0.471. The number of thioether (sulfide) groups is 2. The van der Waals surface area contributed by atoms with Gasteiger partial charge < -0.3 is 10.6 Å². The molecular formula is C20H22N2O2S2. The highest BCUT2D eigenvalue weighted by Crippen LogP contribution is 2.43. The fourth-order valence-electron chi connectivity index (χ4n) is 2.70. The Hall–Kier alpha value is -1.92. The van der Waals surface area contributed by atoms with Crippen molar-refractivity contribution in [2.75, 3.05) is 22.1 Å². The summed E-state index contributed by atoms with van der Waals surface area (Å²) in [5.74, 6) is 2.11. The van der Waals surface area contributed by atoms with Crippen LogP contribution in [-0.4, -0.2) is 23.3 Å². The van der Waals surface area contributed by atoms with Crippen LogP contribution in [-0.2, 0) is 4.79 Å². The Morgan fingerprint density at radius 1 is 1.00 bits per heavy atom. The van der Waals surface area contributed by atoms with Crippen LogP contribution in [0.3, 0.4) is 0 Å². The van der Waals surface area contributed by atoms with Crippen LogP contribution in [0.1, 0.15) is 39.4 Å². The highest BCUT2D eigenvalue weighted by Gasteiger charge is 2.17. The molecule has 1 heterocycles. The van der Waals surface area contributed by atoms with E-state index in [9.17, 15) is 9.59 Å². The Bertz CT molecular complexity index is 800. The fraction of sp³-hybridized carbons (Fsp3) is 0.300. The number of amides is 2. The van der Waals surface area contributed by atoms with E-state index in [0.717, 1.165) is 5.56 Å². The van der Waals surface area contributed by atoms with Gasteiger partial charge in [-0.2, -0.15) is 0 Å². The molecule has 0 saturated carbocycles. The molecule has 0 aliphatic carbocycles. The first-order valence-electron chi connectivity index (χ1n) is 8.56. The second kappa shape index (κ2) is 8.64. The van der Waals surface area contributed by atoms with Crippen molar-refractivity contribution in [3.8, 4) is 0 Å². The minimum atomic E-state index is -0.155. The number of hydrogen-bond donors (Lipinski definition) is 2. The van der Waals surface area contributed by atoms with E-state index in [2.05, 4.69) is 10.6 Å². The molecule has 1 aliphatic heterocycles. The Morgan fingerprint density at radius 3 is 2.35 bits per heavy atom. The Kier molecular flexibility index (Phi) is 6.27. The predicted octanol–water partition coefficient (Wildman–Crippen LogP) is 5.07. The van der Waals surface area contributed by atoms with Crippen LogP contribution in [0.2, 0.25) is 0 Å². The molecule has 0 bridgehead atoms. The van der Waals surface area contributed by atoms with Crippen LogP contribution < -0.4 is 10.6 Å². The van der Waals surface area contributed by atoms with Crippen LogP contribution in [0.4, 0.5) is 11.4 Å². The Labute approximate surface area is 162 Å². The molecule has 26 heavy (non-hydrogen) atoms. The third kappa shape index (κ3) is 4.83. The minimum Gasteiger partial charge on any atom is -0.326 e. The van der Waals surface area contributed by atoms with Gasteiger partial charge in [0.2, 0.25) is 5.91 Å². The zero-order valence-electron chi connectivity index (χ0n) is 14.9. The third-order valence-electron chi connectivity index (χ3n) is 4.08. The normalized spacial score (nSPS) is 14.7. The summed E-state index contributed by atoms with van der Waals surface area (Å²) in [5, 5.41) is 5.67. The second-order valence-corrected chi connectivity index (χ2v) is 8.94. The number of benzene rings is 2. The van der Waals surface area contributed by atoms with Gasteiger partial charge in [0.05, 0.1) is 4.58 Å². The second-order valence-electron chi connectivity index (χ2n) is 6.21. The van der Waals surface area contributed by atoms with Gasteiger partial charge in [-0.25, -0.2) is 0 Å². The number of carbonyl (C=O) groups excluding carboxylic acids is 2. The molecule has 3 rings (SSSR count). The quantitative estimate of drug-likeness (QED) is 0.770. The van der Waals surface area contributed by atoms with Gasteiger partial charge in [0.1, 0.15) is 0 Å². The summed E-state index contributed by atoms with van der Waals surface area (Å²) in [4.78, 5) is 23.8. The smallest absolute Gasteiger partial charge is 0.255 e. The van der Waals surface area contributed by atoms with Gasteiger partial charge in [0, 0.05) is 23.9 Å². The van der Waals surface area contributed by atoms with Crippen molar-refractivity contribution in [3.05, 3.63) is 59.2 Å². The van der Waals surface area contributed by atoms with E-state index >= 15 is 0 Å². The maximum Gasteiger partial charge on any atom is 0.255 e. The first kappa shape index (κ1) is 18.9. The molecular weight excluding hydrogens is 364 g/mol. The molecule has 4 nitrogen and oxygen atoms in total. The van der Waals surface area contributed by atoms with Crippen molar-refractivity contribution < 1.29 is 9.59 Å². The molecule has 2 aromatic rings. The van der Waals surface area contributed by atoms with Gasteiger partial charge in [0.15, 0.2) is 0 Å². The molecule has 0 aromatic heterocycles. The zero-order valence-corrected chi connectivity index (χ0v) is 16.5. The average molecular weight is 387 g/mol. The van der Waals surface area contributed by atoms with Gasteiger partial charge >= 0.3 is 0 Å². The topological polar surface area (TPSA) is 58.2 Å². The zero-order chi connectivity index (χ0) is 18.5. The van der Waals surface area contributed by atoms with Crippen LogP contribution in [0.25, 0.3) is 0 Å². The van der Waals surface area contributed by atoms with Crippen molar-refractivity contribution in [3.63, 3.8) is 0 Å². The largest absolute Gasteiger partial charge is 0.326 e. The summed E-state index contributed by atoms with van der Waals surface area (Å²) in [7, 11) is 0. The first-order chi connectivity index (χ1) is 12.5. The Morgan fingerprint density at radius 2 is 1.69 bits per heavy atom. The number of hydrogen-bond acceptors (Lipinski definition) is 4. The number of carbonyl (C=O) groups is 2. The van der Waals surface area contributed by atoms with Gasteiger partial charge in [-0.15, -0.1) is 23.5 Å². The molecule has 0 radical (unpaired) electrons. The van der Waals surface area contributed by atoms with Crippen LogP contribution in [0.5, 0.6) is 0 Å². The lowest BCUT2D eigenvalue weighted by Crippen LogP contribution is -2.13. The standard InChI is InChI=1S/C20H22N2O2S2/c1-13-4-9-17(12-18(13)21-14(2)23)22-19(24)15-5-7-16(8-6-15)20-25-10-3-11-26-20/h4-9,12,20H,3,10-11H2,1-2H3,(H,21,23)(H,22,24). The maximum atomic E-state index is 12.5. The van der Waals surface area contributed by atoms with E-state index in [1.54, 1.807) is 6.07 Å². The van der Waals surface area contributed by atoms with Gasteiger partial charge in [-0.05, 0) is 60.2 Å². The van der Waals surface area contributed by atoms with Crippen molar-refractivity contribution in [1.82, 2.24) is 0 Å². The molecule has 2 aromatic carbocycles. The van der Waals surface area contributed by atoms with Crippen LogP contribution >= 0.6 is 23.5 Å². The SMILES string of the molecule is CC(=O)Nc1cc(NC(=O)c2ccc(C3SCCCS3)cc2)ccc1C. The van der Waals surface area contributed by atoms with E-state index < -0.39 is 0 Å². The Balaban J connectivity index is 1.68. The lowest BCUT2D eigenvalue weighted by Gasteiger charge is -2.21. The number of anilines is 2. The summed E-state index contributed by atoms with van der Waals surface area (Å²) in [6.45, 7) is 3.38.